The Balaban J connectivity index is 2.43. The maximum Gasteiger partial charge on any atom is 0.266 e. The van der Waals surface area contributed by atoms with Crippen molar-refractivity contribution in [3.05, 3.63) is 47.7 Å². The number of pyridine rings is 1. The lowest BCUT2D eigenvalue weighted by atomic mass is 10.2. The zero-order valence-electron chi connectivity index (χ0n) is 10.4. The number of aromatic nitrogens is 1. The Morgan fingerprint density at radius 1 is 1.25 bits per heavy atom. The summed E-state index contributed by atoms with van der Waals surface area (Å²) in [5.74, 6) is -2.04. The van der Waals surface area contributed by atoms with E-state index in [9.17, 15) is 17.2 Å². The molecule has 0 radical (unpaired) electrons. The second kappa shape index (κ2) is 5.04. The summed E-state index contributed by atoms with van der Waals surface area (Å²) in [5, 5.41) is 0. The summed E-state index contributed by atoms with van der Waals surface area (Å²) in [5.41, 5.74) is 6.13. The minimum Gasteiger partial charge on any atom is -0.398 e. The van der Waals surface area contributed by atoms with Gasteiger partial charge in [0.05, 0.1) is 0 Å². The van der Waals surface area contributed by atoms with Gasteiger partial charge in [-0.2, -0.15) is 4.39 Å². The molecule has 0 saturated carbocycles. The van der Waals surface area contributed by atoms with Crippen LogP contribution in [0.4, 0.5) is 20.3 Å². The predicted molar refractivity (Wildman–Crippen MR) is 70.6 cm³/mol. The number of sulfonamides is 1. The third-order valence-corrected chi connectivity index (χ3v) is 3.93. The van der Waals surface area contributed by atoms with Crippen molar-refractivity contribution in [1.29, 1.82) is 0 Å². The molecule has 0 aliphatic carbocycles. The maximum atomic E-state index is 13.7. The zero-order valence-corrected chi connectivity index (χ0v) is 11.2. The first kappa shape index (κ1) is 14.2. The number of nitrogens with one attached hydrogen (secondary N) is 1. The number of nitrogens with two attached hydrogens (primary N) is 1. The van der Waals surface area contributed by atoms with Crippen LogP contribution in [0.25, 0.3) is 0 Å². The average Bonchev–Trinajstić information content (AvgIpc) is 2.33. The Morgan fingerprint density at radius 3 is 2.60 bits per heavy atom. The van der Waals surface area contributed by atoms with Gasteiger partial charge in [0.25, 0.3) is 10.0 Å². The number of nitrogen functional groups attached to an aromatic ring is 1. The number of halogens is 2. The molecule has 0 unspecified atom stereocenters. The fraction of sp³-hybridized carbons (Fsp3) is 0.0833. The van der Waals surface area contributed by atoms with Gasteiger partial charge >= 0.3 is 0 Å². The van der Waals surface area contributed by atoms with Crippen molar-refractivity contribution < 1.29 is 17.2 Å². The standard InChI is InChI=1S/C12H11F2N3O2S/c1-7-5-8(13)10(6-9(7)15)20(18,19)17-12-4-2-3-11(14)16-12/h2-6H,15H2,1H3,(H,16,17). The molecule has 0 aliphatic rings. The van der Waals surface area contributed by atoms with Crippen molar-refractivity contribution in [2.75, 3.05) is 10.5 Å². The van der Waals surface area contributed by atoms with Crippen LogP contribution in [0, 0.1) is 18.7 Å². The Labute approximate surface area is 114 Å². The van der Waals surface area contributed by atoms with Gasteiger partial charge < -0.3 is 5.73 Å². The molecule has 2 aromatic rings. The van der Waals surface area contributed by atoms with Crippen LogP contribution in [0.3, 0.4) is 0 Å². The van der Waals surface area contributed by atoms with Crippen LogP contribution in [0.5, 0.6) is 0 Å². The van der Waals surface area contributed by atoms with Gasteiger partial charge in [0.1, 0.15) is 16.5 Å². The van der Waals surface area contributed by atoms with Crippen LogP contribution in [0.1, 0.15) is 5.56 Å². The molecule has 0 atom stereocenters. The van der Waals surface area contributed by atoms with E-state index in [1.807, 2.05) is 4.72 Å². The molecule has 8 heteroatoms. The number of anilines is 2. The molecule has 1 heterocycles. The fourth-order valence-corrected chi connectivity index (χ4v) is 2.63. The van der Waals surface area contributed by atoms with E-state index in [2.05, 4.69) is 4.98 Å². The molecular formula is C12H11F2N3O2S. The number of aryl methyl sites for hydroxylation is 1. The Hall–Kier alpha value is -2.22. The number of hydrogen-bond donors (Lipinski definition) is 2. The molecule has 0 amide bonds. The average molecular weight is 299 g/mol. The van der Waals surface area contributed by atoms with Crippen molar-refractivity contribution in [2.45, 2.75) is 11.8 Å². The smallest absolute Gasteiger partial charge is 0.266 e. The molecule has 20 heavy (non-hydrogen) atoms. The summed E-state index contributed by atoms with van der Waals surface area (Å²) < 4.78 is 52.7. The Morgan fingerprint density at radius 2 is 1.95 bits per heavy atom. The van der Waals surface area contributed by atoms with Crippen LogP contribution < -0.4 is 10.5 Å². The minimum absolute atomic E-state index is 0.138. The second-order valence-electron chi connectivity index (χ2n) is 4.09. The third kappa shape index (κ3) is 2.85. The highest BCUT2D eigenvalue weighted by molar-refractivity contribution is 7.92. The molecule has 3 N–H and O–H groups in total. The van der Waals surface area contributed by atoms with Crippen LogP contribution in [0.2, 0.25) is 0 Å². The molecule has 1 aromatic carbocycles. The van der Waals surface area contributed by atoms with E-state index in [1.165, 1.54) is 12.1 Å². The Kier molecular flexibility index (Phi) is 3.58. The van der Waals surface area contributed by atoms with Crippen LogP contribution >= 0.6 is 0 Å². The summed E-state index contributed by atoms with van der Waals surface area (Å²) >= 11 is 0. The zero-order chi connectivity index (χ0) is 14.9. The topological polar surface area (TPSA) is 85.1 Å². The molecule has 0 aliphatic heterocycles. The highest BCUT2D eigenvalue weighted by Crippen LogP contribution is 2.23. The van der Waals surface area contributed by atoms with Gasteiger partial charge in [0.2, 0.25) is 5.95 Å². The highest BCUT2D eigenvalue weighted by Gasteiger charge is 2.21. The lowest BCUT2D eigenvalue weighted by Gasteiger charge is -2.10. The first-order valence-electron chi connectivity index (χ1n) is 5.50. The molecule has 0 fully saturated rings. The molecular weight excluding hydrogens is 288 g/mol. The molecule has 0 bridgehead atoms. The van der Waals surface area contributed by atoms with Gasteiger partial charge in [0.15, 0.2) is 0 Å². The van der Waals surface area contributed by atoms with Gasteiger partial charge in [-0.1, -0.05) is 6.07 Å². The molecule has 0 spiro atoms. The number of nitrogens with zero attached hydrogens (tertiary/aromatic N) is 1. The van der Waals surface area contributed by atoms with E-state index in [1.54, 1.807) is 6.92 Å². The summed E-state index contributed by atoms with van der Waals surface area (Å²) in [6.07, 6.45) is 0. The number of hydrogen-bond acceptors (Lipinski definition) is 4. The van der Waals surface area contributed by atoms with Crippen LogP contribution in [-0.2, 0) is 10.0 Å². The second-order valence-corrected chi connectivity index (χ2v) is 5.74. The van der Waals surface area contributed by atoms with Gasteiger partial charge in [-0.25, -0.2) is 17.8 Å². The van der Waals surface area contributed by atoms with Crippen LogP contribution in [-0.4, -0.2) is 13.4 Å². The van der Waals surface area contributed by atoms with E-state index in [0.29, 0.717) is 5.56 Å². The molecule has 1 aromatic heterocycles. The molecule has 2 rings (SSSR count). The van der Waals surface area contributed by atoms with Crippen molar-refractivity contribution in [3.63, 3.8) is 0 Å². The van der Waals surface area contributed by atoms with Gasteiger partial charge in [-0.3, -0.25) is 4.72 Å². The summed E-state index contributed by atoms with van der Waals surface area (Å²) in [4.78, 5) is 2.72. The minimum atomic E-state index is -4.23. The first-order chi connectivity index (χ1) is 9.29. The summed E-state index contributed by atoms with van der Waals surface area (Å²) in [7, 11) is -4.23. The van der Waals surface area contributed by atoms with Crippen molar-refractivity contribution in [3.8, 4) is 0 Å². The molecule has 5 nitrogen and oxygen atoms in total. The number of benzene rings is 1. The monoisotopic (exact) mass is 299 g/mol. The van der Waals surface area contributed by atoms with E-state index >= 15 is 0 Å². The SMILES string of the molecule is Cc1cc(F)c(S(=O)(=O)Nc2cccc(F)n2)cc1N. The molecule has 0 saturated heterocycles. The van der Waals surface area contributed by atoms with Crippen LogP contribution in [0.15, 0.2) is 35.2 Å². The van der Waals surface area contributed by atoms with E-state index in [4.69, 9.17) is 5.73 Å². The lowest BCUT2D eigenvalue weighted by molar-refractivity contribution is 0.569. The maximum absolute atomic E-state index is 13.7. The van der Waals surface area contributed by atoms with E-state index < -0.39 is 26.7 Å². The predicted octanol–water partition coefficient (Wildman–Crippen LogP) is 2.05. The van der Waals surface area contributed by atoms with Crippen molar-refractivity contribution >= 4 is 21.5 Å². The lowest BCUT2D eigenvalue weighted by Crippen LogP contribution is -2.16. The summed E-state index contributed by atoms with van der Waals surface area (Å²) in [6, 6.07) is 5.60. The first-order valence-corrected chi connectivity index (χ1v) is 6.99. The largest absolute Gasteiger partial charge is 0.398 e. The van der Waals surface area contributed by atoms with E-state index in [-0.39, 0.29) is 11.5 Å². The van der Waals surface area contributed by atoms with Gasteiger partial charge in [0, 0.05) is 5.69 Å². The van der Waals surface area contributed by atoms with E-state index in [0.717, 1.165) is 18.2 Å². The molecule has 106 valence electrons. The van der Waals surface area contributed by atoms with Gasteiger partial charge in [-0.15, -0.1) is 0 Å². The number of rotatable bonds is 3. The third-order valence-electron chi connectivity index (χ3n) is 2.56. The quantitative estimate of drug-likeness (QED) is 0.671. The summed E-state index contributed by atoms with van der Waals surface area (Å²) in [6.45, 7) is 1.55. The normalized spacial score (nSPS) is 11.3. The highest BCUT2D eigenvalue weighted by atomic mass is 32.2. The fourth-order valence-electron chi connectivity index (χ4n) is 1.53. The Bertz CT molecular complexity index is 763. The van der Waals surface area contributed by atoms with Gasteiger partial charge in [-0.05, 0) is 36.8 Å². The van der Waals surface area contributed by atoms with Crippen molar-refractivity contribution in [2.24, 2.45) is 0 Å². The van der Waals surface area contributed by atoms with Crippen molar-refractivity contribution in [1.82, 2.24) is 4.98 Å².